The van der Waals surface area contributed by atoms with Gasteiger partial charge in [-0.15, -0.1) is 0 Å². The lowest BCUT2D eigenvalue weighted by atomic mass is 9.94. The van der Waals surface area contributed by atoms with Crippen LogP contribution in [0.25, 0.3) is 78.1 Å². The molecule has 2 nitrogen and oxygen atoms in total. The first kappa shape index (κ1) is 28.6. The fourth-order valence-corrected chi connectivity index (χ4v) is 6.51. The molecule has 0 radical (unpaired) electrons. The zero-order valence-electron chi connectivity index (χ0n) is 25.5. The van der Waals surface area contributed by atoms with Gasteiger partial charge in [0.15, 0.2) is 5.82 Å². The van der Waals surface area contributed by atoms with E-state index in [2.05, 4.69) is 146 Å². The maximum absolute atomic E-state index is 6.73. The molecule has 3 heteroatoms. The minimum absolute atomic E-state index is 0.675. The van der Waals surface area contributed by atoms with Gasteiger partial charge < -0.3 is 0 Å². The second-order valence-electron chi connectivity index (χ2n) is 11.5. The number of fused-ring (bicyclic) bond motifs is 1. The summed E-state index contributed by atoms with van der Waals surface area (Å²) in [7, 11) is 0. The predicted molar refractivity (Wildman–Crippen MR) is 197 cm³/mol. The molecule has 0 aliphatic carbocycles. The fraction of sp³-hybridized carbons (Fsp3) is 0. The maximum Gasteiger partial charge on any atom is 0.161 e. The summed E-state index contributed by atoms with van der Waals surface area (Å²) >= 11 is 6.73. The van der Waals surface area contributed by atoms with Crippen LogP contribution in [0.3, 0.4) is 0 Å². The van der Waals surface area contributed by atoms with Crippen molar-refractivity contribution in [2.75, 3.05) is 0 Å². The highest BCUT2D eigenvalue weighted by molar-refractivity contribution is 6.33. The fourth-order valence-electron chi connectivity index (χ4n) is 6.26. The van der Waals surface area contributed by atoms with Crippen molar-refractivity contribution in [3.05, 3.63) is 181 Å². The van der Waals surface area contributed by atoms with E-state index in [1.165, 1.54) is 0 Å². The molecule has 0 amide bonds. The van der Waals surface area contributed by atoms with E-state index in [0.29, 0.717) is 10.8 Å². The lowest BCUT2D eigenvalue weighted by Crippen LogP contribution is -1.98. The van der Waals surface area contributed by atoms with Crippen molar-refractivity contribution < 1.29 is 0 Å². The smallest absolute Gasteiger partial charge is 0.161 e. The van der Waals surface area contributed by atoms with Gasteiger partial charge in [0.25, 0.3) is 0 Å². The molecule has 8 aromatic rings. The summed E-state index contributed by atoms with van der Waals surface area (Å²) in [5.74, 6) is 0.675. The predicted octanol–water partition coefficient (Wildman–Crippen LogP) is 12.3. The van der Waals surface area contributed by atoms with Gasteiger partial charge in [0, 0.05) is 27.3 Å². The Labute approximate surface area is 279 Å². The lowest BCUT2D eigenvalue weighted by Gasteiger charge is -2.15. The summed E-state index contributed by atoms with van der Waals surface area (Å²) in [5.41, 5.74) is 11.3. The van der Waals surface area contributed by atoms with Crippen LogP contribution < -0.4 is 0 Å². The zero-order chi connectivity index (χ0) is 31.6. The molecule has 0 fully saturated rings. The molecule has 0 bridgehead atoms. The van der Waals surface area contributed by atoms with Crippen molar-refractivity contribution in [3.8, 4) is 67.3 Å². The molecule has 0 saturated heterocycles. The van der Waals surface area contributed by atoms with Gasteiger partial charge in [-0.25, -0.2) is 9.97 Å². The van der Waals surface area contributed by atoms with Gasteiger partial charge in [-0.1, -0.05) is 157 Å². The van der Waals surface area contributed by atoms with Crippen LogP contribution in [-0.2, 0) is 0 Å². The molecule has 0 N–H and O–H groups in total. The Kier molecular flexibility index (Phi) is 7.62. The van der Waals surface area contributed by atoms with Crippen LogP contribution in [0.1, 0.15) is 0 Å². The number of halogens is 1. The van der Waals surface area contributed by atoms with E-state index in [1.807, 2.05) is 30.3 Å². The average molecular weight is 621 g/mol. The van der Waals surface area contributed by atoms with E-state index in [4.69, 9.17) is 21.6 Å². The van der Waals surface area contributed by atoms with Crippen molar-refractivity contribution in [2.45, 2.75) is 0 Å². The van der Waals surface area contributed by atoms with Crippen molar-refractivity contribution in [1.82, 2.24) is 9.97 Å². The molecule has 8 rings (SSSR count). The highest BCUT2D eigenvalue weighted by Crippen LogP contribution is 2.39. The van der Waals surface area contributed by atoms with E-state index < -0.39 is 0 Å². The highest BCUT2D eigenvalue weighted by atomic mass is 35.5. The third-order valence-corrected chi connectivity index (χ3v) is 8.90. The van der Waals surface area contributed by atoms with Gasteiger partial charge in [0.2, 0.25) is 0 Å². The van der Waals surface area contributed by atoms with Crippen LogP contribution in [0.15, 0.2) is 176 Å². The Morgan fingerprint density at radius 2 is 0.936 bits per heavy atom. The van der Waals surface area contributed by atoms with Crippen LogP contribution in [-0.4, -0.2) is 9.97 Å². The monoisotopic (exact) mass is 620 g/mol. The molecule has 0 saturated carbocycles. The standard InChI is InChI=1S/C44H29ClN2/c45-41-25-12-11-23-38(41)35-27-33-18-7-8-22-37(33)40(28-35)43-29-42(34-20-13-19-32(26-34)30-14-3-1-4-15-30)46-44(47-43)39-24-10-9-21-36(39)31-16-5-2-6-17-31/h1-29H. The zero-order valence-corrected chi connectivity index (χ0v) is 26.3. The van der Waals surface area contributed by atoms with E-state index in [9.17, 15) is 0 Å². The van der Waals surface area contributed by atoms with Crippen LogP contribution in [0.5, 0.6) is 0 Å². The Balaban J connectivity index is 1.39. The van der Waals surface area contributed by atoms with E-state index >= 15 is 0 Å². The van der Waals surface area contributed by atoms with Crippen LogP contribution in [0.2, 0.25) is 5.02 Å². The van der Waals surface area contributed by atoms with E-state index in [1.54, 1.807) is 0 Å². The van der Waals surface area contributed by atoms with Crippen molar-refractivity contribution in [1.29, 1.82) is 0 Å². The van der Waals surface area contributed by atoms with Gasteiger partial charge in [-0.2, -0.15) is 0 Å². The number of benzene rings is 7. The topological polar surface area (TPSA) is 25.8 Å². The molecule has 0 unspecified atom stereocenters. The number of hydrogen-bond acceptors (Lipinski definition) is 2. The Hall–Kier alpha value is -5.83. The molecule has 0 aliphatic rings. The average Bonchev–Trinajstić information content (AvgIpc) is 3.15. The minimum Gasteiger partial charge on any atom is -0.228 e. The highest BCUT2D eigenvalue weighted by Gasteiger charge is 2.17. The Morgan fingerprint density at radius 1 is 0.340 bits per heavy atom. The normalized spacial score (nSPS) is 11.1. The van der Waals surface area contributed by atoms with Gasteiger partial charge in [-0.3, -0.25) is 0 Å². The van der Waals surface area contributed by atoms with Gasteiger partial charge in [0.1, 0.15) is 0 Å². The number of nitrogens with zero attached hydrogens (tertiary/aromatic N) is 2. The van der Waals surface area contributed by atoms with E-state index in [0.717, 1.165) is 72.2 Å². The number of hydrogen-bond donors (Lipinski definition) is 0. The van der Waals surface area contributed by atoms with E-state index in [-0.39, 0.29) is 0 Å². The summed E-state index contributed by atoms with van der Waals surface area (Å²) in [4.78, 5) is 10.6. The maximum atomic E-state index is 6.73. The molecule has 1 heterocycles. The third kappa shape index (κ3) is 5.72. The number of rotatable bonds is 6. The second kappa shape index (κ2) is 12.5. The molecule has 0 aliphatic heterocycles. The van der Waals surface area contributed by atoms with Crippen LogP contribution in [0.4, 0.5) is 0 Å². The van der Waals surface area contributed by atoms with Gasteiger partial charge in [0.05, 0.1) is 11.4 Å². The molecule has 7 aromatic carbocycles. The summed E-state index contributed by atoms with van der Waals surface area (Å²) in [5, 5.41) is 2.96. The van der Waals surface area contributed by atoms with Crippen LogP contribution in [0, 0.1) is 0 Å². The molecule has 0 atom stereocenters. The van der Waals surface area contributed by atoms with Gasteiger partial charge in [-0.05, 0) is 68.9 Å². The minimum atomic E-state index is 0.675. The molecule has 1 aromatic heterocycles. The SMILES string of the molecule is Clc1ccccc1-c1cc(-c2cc(-c3cccc(-c4ccccc4)c3)nc(-c3ccccc3-c3ccccc3)n2)c2ccccc2c1. The largest absolute Gasteiger partial charge is 0.228 e. The second-order valence-corrected chi connectivity index (χ2v) is 12.0. The Bertz CT molecular complexity index is 2360. The number of aromatic nitrogens is 2. The van der Waals surface area contributed by atoms with Crippen molar-refractivity contribution in [3.63, 3.8) is 0 Å². The summed E-state index contributed by atoms with van der Waals surface area (Å²) in [6.45, 7) is 0. The van der Waals surface area contributed by atoms with Crippen LogP contribution >= 0.6 is 11.6 Å². The third-order valence-electron chi connectivity index (χ3n) is 8.57. The molecular formula is C44H29ClN2. The molecule has 47 heavy (non-hydrogen) atoms. The van der Waals surface area contributed by atoms with Crippen molar-refractivity contribution >= 4 is 22.4 Å². The van der Waals surface area contributed by atoms with Crippen molar-refractivity contribution in [2.24, 2.45) is 0 Å². The molecule has 222 valence electrons. The summed E-state index contributed by atoms with van der Waals surface area (Å²) in [6.07, 6.45) is 0. The first-order chi connectivity index (χ1) is 23.2. The lowest BCUT2D eigenvalue weighted by molar-refractivity contribution is 1.19. The van der Waals surface area contributed by atoms with Gasteiger partial charge >= 0.3 is 0 Å². The quantitative estimate of drug-likeness (QED) is 0.185. The first-order valence-corrected chi connectivity index (χ1v) is 16.1. The Morgan fingerprint density at radius 3 is 1.72 bits per heavy atom. The molecular weight excluding hydrogens is 592 g/mol. The first-order valence-electron chi connectivity index (χ1n) is 15.7. The molecule has 0 spiro atoms. The summed E-state index contributed by atoms with van der Waals surface area (Å²) < 4.78 is 0. The summed E-state index contributed by atoms with van der Waals surface area (Å²) in [6, 6.07) is 60.9.